The fourth-order valence-electron chi connectivity index (χ4n) is 4.65. The summed E-state index contributed by atoms with van der Waals surface area (Å²) in [5.74, 6) is -2.61. The van der Waals surface area contributed by atoms with Crippen molar-refractivity contribution in [3.05, 3.63) is 94.2 Å². The lowest BCUT2D eigenvalue weighted by molar-refractivity contribution is -0.140. The molecule has 206 valence electrons. The summed E-state index contributed by atoms with van der Waals surface area (Å²) in [5, 5.41) is -0.483. The van der Waals surface area contributed by atoms with Crippen LogP contribution in [0.15, 0.2) is 82.4 Å². The summed E-state index contributed by atoms with van der Waals surface area (Å²) < 4.78 is 82.3. The molecule has 1 atom stereocenters. The molecular weight excluding hydrogens is 533 g/mol. The molecule has 2 aromatic carbocycles. The fraction of sp³-hybridized carbons (Fsp3) is 0.286. The average Bonchev–Trinajstić information content (AvgIpc) is 2.88. The van der Waals surface area contributed by atoms with Crippen LogP contribution in [0.5, 0.6) is 5.88 Å². The van der Waals surface area contributed by atoms with Gasteiger partial charge in [0, 0.05) is 13.2 Å². The van der Waals surface area contributed by atoms with Gasteiger partial charge in [-0.2, -0.15) is 13.2 Å². The molecule has 0 aliphatic carbocycles. The van der Waals surface area contributed by atoms with E-state index in [9.17, 15) is 26.4 Å². The number of nitrogens with zero attached hydrogens (tertiary/aromatic N) is 2. The van der Waals surface area contributed by atoms with Crippen LogP contribution in [0, 0.1) is 0 Å². The van der Waals surface area contributed by atoms with E-state index < -0.39 is 50.2 Å². The zero-order valence-corrected chi connectivity index (χ0v) is 22.5. The van der Waals surface area contributed by atoms with Gasteiger partial charge in [-0.25, -0.2) is 18.2 Å². The van der Waals surface area contributed by atoms with Gasteiger partial charge in [-0.15, -0.1) is 0 Å². The van der Waals surface area contributed by atoms with Crippen molar-refractivity contribution in [1.82, 2.24) is 4.98 Å². The van der Waals surface area contributed by atoms with Gasteiger partial charge in [0.1, 0.15) is 0 Å². The normalized spacial score (nSPS) is 15.8. The van der Waals surface area contributed by atoms with Crippen molar-refractivity contribution >= 4 is 21.5 Å². The molecule has 7 nitrogen and oxygen atoms in total. The molecule has 0 spiro atoms. The Balaban J connectivity index is 2.19. The Kier molecular flexibility index (Phi) is 7.74. The summed E-state index contributed by atoms with van der Waals surface area (Å²) in [5.41, 5.74) is -1.47. The molecule has 11 heteroatoms. The molecule has 0 N–H and O–H groups in total. The number of fused-ring (bicyclic) bond motifs is 1. The summed E-state index contributed by atoms with van der Waals surface area (Å²) in [6, 6.07) is 13.6. The molecule has 39 heavy (non-hydrogen) atoms. The minimum Gasteiger partial charge on any atom is -0.475 e. The van der Waals surface area contributed by atoms with Gasteiger partial charge in [0.15, 0.2) is 5.03 Å². The van der Waals surface area contributed by atoms with Crippen molar-refractivity contribution < 1.29 is 35.9 Å². The molecule has 1 aliphatic heterocycles. The van der Waals surface area contributed by atoms with Crippen LogP contribution in [0.1, 0.15) is 43.4 Å². The van der Waals surface area contributed by atoms with Gasteiger partial charge >= 0.3 is 12.1 Å². The minimum atomic E-state index is -4.81. The summed E-state index contributed by atoms with van der Waals surface area (Å²) >= 11 is 0. The third-order valence-corrected chi connectivity index (χ3v) is 8.03. The van der Waals surface area contributed by atoms with E-state index in [4.69, 9.17) is 9.47 Å². The third kappa shape index (κ3) is 5.23. The molecule has 0 amide bonds. The van der Waals surface area contributed by atoms with Gasteiger partial charge in [-0.1, -0.05) is 36.4 Å². The molecule has 2 heterocycles. The van der Waals surface area contributed by atoms with E-state index in [2.05, 4.69) is 4.98 Å². The minimum absolute atomic E-state index is 0.0192. The molecule has 1 aliphatic rings. The first-order valence-corrected chi connectivity index (χ1v) is 13.6. The van der Waals surface area contributed by atoms with Gasteiger partial charge in [-0.3, -0.25) is 0 Å². The van der Waals surface area contributed by atoms with E-state index in [0.29, 0.717) is 0 Å². The number of pyridine rings is 1. The van der Waals surface area contributed by atoms with Crippen molar-refractivity contribution in [2.45, 2.75) is 43.9 Å². The second kappa shape index (κ2) is 10.7. The maximum absolute atomic E-state index is 14.3. The van der Waals surface area contributed by atoms with Gasteiger partial charge in [0.2, 0.25) is 15.7 Å². The van der Waals surface area contributed by atoms with Gasteiger partial charge in [0.05, 0.1) is 45.9 Å². The van der Waals surface area contributed by atoms with Crippen LogP contribution in [0.25, 0.3) is 0 Å². The van der Waals surface area contributed by atoms with E-state index in [0.717, 1.165) is 6.07 Å². The quantitative estimate of drug-likeness (QED) is 0.342. The van der Waals surface area contributed by atoms with Crippen LogP contribution in [0.4, 0.5) is 18.9 Å². The summed E-state index contributed by atoms with van der Waals surface area (Å²) in [7, 11) is -3.00. The fourth-order valence-corrected chi connectivity index (χ4v) is 6.34. The van der Waals surface area contributed by atoms with Crippen LogP contribution in [0.3, 0.4) is 0 Å². The standard InChI is InChI=1S/C28H27F3N2O5S/c1-5-37-27(34)24-22(19-13-9-10-14-20(19)28(29,30)31)23-21(15-16-32-25(23)38-17(2)3)33(4)26(24)39(35,36)18-11-7-6-8-12-18/h6-17,22H,5H2,1-4H3. The lowest BCUT2D eigenvalue weighted by Crippen LogP contribution is -2.36. The molecule has 0 bridgehead atoms. The Hall–Kier alpha value is -3.86. The van der Waals surface area contributed by atoms with Crippen molar-refractivity contribution in [2.75, 3.05) is 18.6 Å². The van der Waals surface area contributed by atoms with E-state index in [1.165, 1.54) is 73.6 Å². The first-order chi connectivity index (χ1) is 18.4. The second-order valence-electron chi connectivity index (χ2n) is 9.05. The van der Waals surface area contributed by atoms with Crippen molar-refractivity contribution in [2.24, 2.45) is 0 Å². The predicted molar refractivity (Wildman–Crippen MR) is 139 cm³/mol. The van der Waals surface area contributed by atoms with Gasteiger partial charge < -0.3 is 14.4 Å². The van der Waals surface area contributed by atoms with E-state index in [-0.39, 0.29) is 34.2 Å². The molecule has 0 saturated carbocycles. The lowest BCUT2D eigenvalue weighted by Gasteiger charge is -2.37. The number of carbonyl (C=O) groups is 1. The molecule has 0 fully saturated rings. The van der Waals surface area contributed by atoms with Gasteiger partial charge in [-0.05, 0) is 50.6 Å². The number of sulfone groups is 1. The summed E-state index contributed by atoms with van der Waals surface area (Å²) in [6.45, 7) is 4.84. The SMILES string of the molecule is CCOC(=O)C1=C(S(=O)(=O)c2ccccc2)N(C)c2ccnc(OC(C)C)c2C1c1ccccc1C(F)(F)F. The molecule has 4 rings (SSSR count). The molecule has 0 saturated heterocycles. The molecular formula is C28H27F3N2O5S. The first kappa shape index (κ1) is 28.2. The number of carbonyl (C=O) groups excluding carboxylic acids is 1. The number of esters is 1. The number of ether oxygens (including phenoxy) is 2. The molecule has 1 unspecified atom stereocenters. The maximum Gasteiger partial charge on any atom is 0.416 e. The first-order valence-electron chi connectivity index (χ1n) is 12.2. The Morgan fingerprint density at radius 1 is 1.05 bits per heavy atom. The maximum atomic E-state index is 14.3. The lowest BCUT2D eigenvalue weighted by atomic mass is 9.80. The molecule has 1 aromatic heterocycles. The number of aromatic nitrogens is 1. The largest absolute Gasteiger partial charge is 0.475 e. The number of alkyl halides is 3. The summed E-state index contributed by atoms with van der Waals surface area (Å²) in [4.78, 5) is 19.0. The third-order valence-electron chi connectivity index (χ3n) is 6.13. The topological polar surface area (TPSA) is 85.8 Å². The van der Waals surface area contributed by atoms with Gasteiger partial charge in [0.25, 0.3) is 0 Å². The molecule has 0 radical (unpaired) electrons. The Morgan fingerprint density at radius 3 is 2.31 bits per heavy atom. The Morgan fingerprint density at radius 2 is 1.69 bits per heavy atom. The van der Waals surface area contributed by atoms with Crippen LogP contribution in [-0.4, -0.2) is 39.1 Å². The number of anilines is 1. The van der Waals surface area contributed by atoms with Crippen LogP contribution < -0.4 is 9.64 Å². The highest BCUT2D eigenvalue weighted by Gasteiger charge is 2.47. The Bertz CT molecular complexity index is 1520. The van der Waals surface area contributed by atoms with Crippen LogP contribution in [-0.2, 0) is 25.5 Å². The van der Waals surface area contributed by atoms with E-state index in [1.54, 1.807) is 19.9 Å². The van der Waals surface area contributed by atoms with E-state index >= 15 is 0 Å². The van der Waals surface area contributed by atoms with Crippen molar-refractivity contribution in [1.29, 1.82) is 0 Å². The molecule has 3 aromatic rings. The van der Waals surface area contributed by atoms with Crippen molar-refractivity contribution in [3.8, 4) is 5.88 Å². The number of halogens is 3. The zero-order valence-electron chi connectivity index (χ0n) is 21.7. The second-order valence-corrected chi connectivity index (χ2v) is 10.9. The number of hydrogen-bond acceptors (Lipinski definition) is 7. The number of benzene rings is 2. The predicted octanol–water partition coefficient (Wildman–Crippen LogP) is 5.72. The Labute approximate surface area is 224 Å². The highest BCUT2D eigenvalue weighted by atomic mass is 32.2. The average molecular weight is 561 g/mol. The highest BCUT2D eigenvalue weighted by molar-refractivity contribution is 7.95. The van der Waals surface area contributed by atoms with Crippen LogP contribution in [0.2, 0.25) is 0 Å². The summed E-state index contributed by atoms with van der Waals surface area (Å²) in [6.07, 6.45) is -3.85. The smallest absolute Gasteiger partial charge is 0.416 e. The number of hydrogen-bond donors (Lipinski definition) is 0. The highest BCUT2D eigenvalue weighted by Crippen LogP contribution is 2.52. The zero-order chi connectivity index (χ0) is 28.5. The van der Waals surface area contributed by atoms with Crippen LogP contribution >= 0.6 is 0 Å². The van der Waals surface area contributed by atoms with Crippen molar-refractivity contribution in [3.63, 3.8) is 0 Å². The number of rotatable bonds is 7. The monoisotopic (exact) mass is 560 g/mol. The van der Waals surface area contributed by atoms with E-state index in [1.807, 2.05) is 0 Å².